The maximum absolute atomic E-state index is 12.6. The molecule has 0 bridgehead atoms. The molecule has 1 saturated carbocycles. The second-order valence-electron chi connectivity index (χ2n) is 6.09. The number of nitrogens with zero attached hydrogens (tertiary/aromatic N) is 2. The second kappa shape index (κ2) is 6.79. The molecule has 5 nitrogen and oxygen atoms in total. The number of carbonyl (C=O) groups is 2. The first-order chi connectivity index (χ1) is 11.1. The Kier molecular flexibility index (Phi) is 4.76. The number of ether oxygens (including phenoxy) is 1. The van der Waals surface area contributed by atoms with Crippen molar-refractivity contribution < 1.29 is 14.3 Å². The average Bonchev–Trinajstić information content (AvgIpc) is 2.52. The summed E-state index contributed by atoms with van der Waals surface area (Å²) in [7, 11) is 1.54. The van der Waals surface area contributed by atoms with Gasteiger partial charge in [0, 0.05) is 37.7 Å². The highest BCUT2D eigenvalue weighted by atomic mass is 35.5. The van der Waals surface area contributed by atoms with Crippen LogP contribution in [0.3, 0.4) is 0 Å². The molecule has 1 aliphatic heterocycles. The molecule has 0 atom stereocenters. The molecule has 2 fully saturated rings. The SMILES string of the molecule is COc1ccc(C(=O)N2CCN(C(=O)C3CCC3)CC2)cc1Cl. The van der Waals surface area contributed by atoms with Crippen molar-refractivity contribution in [2.24, 2.45) is 5.92 Å². The van der Waals surface area contributed by atoms with Gasteiger partial charge >= 0.3 is 0 Å². The first-order valence-corrected chi connectivity index (χ1v) is 8.39. The zero-order chi connectivity index (χ0) is 16.4. The van der Waals surface area contributed by atoms with Crippen LogP contribution < -0.4 is 4.74 Å². The summed E-state index contributed by atoms with van der Waals surface area (Å²) in [5.41, 5.74) is 0.551. The van der Waals surface area contributed by atoms with Crippen molar-refractivity contribution in [2.45, 2.75) is 19.3 Å². The number of hydrogen-bond acceptors (Lipinski definition) is 3. The van der Waals surface area contributed by atoms with Crippen molar-refractivity contribution in [3.63, 3.8) is 0 Å². The first kappa shape index (κ1) is 16.1. The molecule has 3 rings (SSSR count). The lowest BCUT2D eigenvalue weighted by Crippen LogP contribution is -2.52. The van der Waals surface area contributed by atoms with E-state index in [0.717, 1.165) is 19.3 Å². The van der Waals surface area contributed by atoms with Crippen LogP contribution in [-0.4, -0.2) is 54.9 Å². The van der Waals surface area contributed by atoms with E-state index in [1.807, 2.05) is 4.90 Å². The van der Waals surface area contributed by atoms with Crippen LogP contribution in [0.1, 0.15) is 29.6 Å². The molecule has 6 heteroatoms. The van der Waals surface area contributed by atoms with Crippen molar-refractivity contribution in [1.82, 2.24) is 9.80 Å². The van der Waals surface area contributed by atoms with Crippen LogP contribution in [0.15, 0.2) is 18.2 Å². The highest BCUT2D eigenvalue weighted by Gasteiger charge is 2.32. The number of rotatable bonds is 3. The van der Waals surface area contributed by atoms with E-state index < -0.39 is 0 Å². The summed E-state index contributed by atoms with van der Waals surface area (Å²) in [5.74, 6) is 0.984. The van der Waals surface area contributed by atoms with Crippen molar-refractivity contribution in [3.8, 4) is 5.75 Å². The summed E-state index contributed by atoms with van der Waals surface area (Å²) in [4.78, 5) is 28.5. The van der Waals surface area contributed by atoms with Gasteiger partial charge in [-0.2, -0.15) is 0 Å². The Hall–Kier alpha value is -1.75. The van der Waals surface area contributed by atoms with Crippen LogP contribution in [0.2, 0.25) is 5.02 Å². The molecule has 1 heterocycles. The summed E-state index contributed by atoms with van der Waals surface area (Å²) in [5, 5.41) is 0.428. The van der Waals surface area contributed by atoms with E-state index in [9.17, 15) is 9.59 Å². The Balaban J connectivity index is 1.59. The lowest BCUT2D eigenvalue weighted by Gasteiger charge is -2.38. The molecule has 2 amide bonds. The Morgan fingerprint density at radius 2 is 1.78 bits per heavy atom. The predicted octanol–water partition coefficient (Wildman–Crippen LogP) is 2.43. The number of benzene rings is 1. The van der Waals surface area contributed by atoms with Gasteiger partial charge in [0.15, 0.2) is 0 Å². The second-order valence-corrected chi connectivity index (χ2v) is 6.50. The summed E-state index contributed by atoms with van der Waals surface area (Å²) in [6, 6.07) is 5.06. The molecule has 0 unspecified atom stereocenters. The van der Waals surface area contributed by atoms with E-state index in [4.69, 9.17) is 16.3 Å². The molecule has 1 aromatic carbocycles. The maximum atomic E-state index is 12.6. The lowest BCUT2D eigenvalue weighted by atomic mass is 9.84. The number of halogens is 1. The molecule has 1 aliphatic carbocycles. The minimum atomic E-state index is -0.0507. The first-order valence-electron chi connectivity index (χ1n) is 8.01. The minimum absolute atomic E-state index is 0.0507. The third-order valence-corrected chi connectivity index (χ3v) is 5.03. The largest absolute Gasteiger partial charge is 0.495 e. The van der Waals surface area contributed by atoms with Crippen molar-refractivity contribution in [1.29, 1.82) is 0 Å². The Bertz CT molecular complexity index is 608. The van der Waals surface area contributed by atoms with Crippen LogP contribution in [0, 0.1) is 5.92 Å². The highest BCUT2D eigenvalue weighted by Crippen LogP contribution is 2.29. The molecule has 0 N–H and O–H groups in total. The molecule has 124 valence electrons. The molecule has 23 heavy (non-hydrogen) atoms. The number of hydrogen-bond donors (Lipinski definition) is 0. The highest BCUT2D eigenvalue weighted by molar-refractivity contribution is 6.32. The van der Waals surface area contributed by atoms with Gasteiger partial charge in [-0.15, -0.1) is 0 Å². The lowest BCUT2D eigenvalue weighted by molar-refractivity contribution is -0.139. The third kappa shape index (κ3) is 3.29. The molecule has 0 radical (unpaired) electrons. The zero-order valence-corrected chi connectivity index (χ0v) is 14.0. The van der Waals surface area contributed by atoms with Crippen LogP contribution in [0.4, 0.5) is 0 Å². The van der Waals surface area contributed by atoms with E-state index in [0.29, 0.717) is 42.5 Å². The third-order valence-electron chi connectivity index (χ3n) is 4.73. The fraction of sp³-hybridized carbons (Fsp3) is 0.529. The van der Waals surface area contributed by atoms with Gasteiger partial charge in [0.1, 0.15) is 5.75 Å². The van der Waals surface area contributed by atoms with E-state index in [1.54, 1.807) is 30.2 Å². The van der Waals surface area contributed by atoms with E-state index in [1.165, 1.54) is 0 Å². The number of methoxy groups -OCH3 is 1. The Labute approximate surface area is 141 Å². The fourth-order valence-corrected chi connectivity index (χ4v) is 3.28. The van der Waals surface area contributed by atoms with Gasteiger partial charge < -0.3 is 14.5 Å². The van der Waals surface area contributed by atoms with Gasteiger partial charge in [0.05, 0.1) is 12.1 Å². The summed E-state index contributed by atoms with van der Waals surface area (Å²) < 4.78 is 5.10. The molecule has 1 saturated heterocycles. The molecule has 0 aromatic heterocycles. The van der Waals surface area contributed by atoms with Gasteiger partial charge in [-0.3, -0.25) is 9.59 Å². The maximum Gasteiger partial charge on any atom is 0.254 e. The molecule has 2 aliphatic rings. The van der Waals surface area contributed by atoms with E-state index in [2.05, 4.69) is 0 Å². The van der Waals surface area contributed by atoms with Gasteiger partial charge in [0.25, 0.3) is 5.91 Å². The monoisotopic (exact) mass is 336 g/mol. The Morgan fingerprint density at radius 1 is 1.13 bits per heavy atom. The fourth-order valence-electron chi connectivity index (χ4n) is 3.03. The van der Waals surface area contributed by atoms with Crippen molar-refractivity contribution >= 4 is 23.4 Å². The molecular weight excluding hydrogens is 316 g/mol. The minimum Gasteiger partial charge on any atom is -0.495 e. The molecular formula is C17H21ClN2O3. The number of carbonyl (C=O) groups excluding carboxylic acids is 2. The average molecular weight is 337 g/mol. The van der Waals surface area contributed by atoms with Crippen molar-refractivity contribution in [3.05, 3.63) is 28.8 Å². The van der Waals surface area contributed by atoms with Crippen LogP contribution in [0.25, 0.3) is 0 Å². The number of piperazine rings is 1. The Morgan fingerprint density at radius 3 is 2.30 bits per heavy atom. The van der Waals surface area contributed by atoms with Gasteiger partial charge in [-0.1, -0.05) is 18.0 Å². The van der Waals surface area contributed by atoms with Gasteiger partial charge in [-0.05, 0) is 31.0 Å². The summed E-state index contributed by atoms with van der Waals surface area (Å²) in [6.07, 6.45) is 3.19. The molecule has 0 spiro atoms. The van der Waals surface area contributed by atoms with Gasteiger partial charge in [0.2, 0.25) is 5.91 Å². The normalized spacial score (nSPS) is 18.5. The van der Waals surface area contributed by atoms with E-state index >= 15 is 0 Å². The summed E-state index contributed by atoms with van der Waals surface area (Å²) in [6.45, 7) is 2.37. The standard InChI is InChI=1S/C17H21ClN2O3/c1-23-15-6-5-13(11-14(15)18)17(22)20-9-7-19(8-10-20)16(21)12-3-2-4-12/h5-6,11-12H,2-4,7-10H2,1H3. The topological polar surface area (TPSA) is 49.9 Å². The summed E-state index contributed by atoms with van der Waals surface area (Å²) >= 11 is 6.09. The van der Waals surface area contributed by atoms with Gasteiger partial charge in [-0.25, -0.2) is 0 Å². The van der Waals surface area contributed by atoms with Crippen LogP contribution in [0.5, 0.6) is 5.75 Å². The van der Waals surface area contributed by atoms with Crippen LogP contribution >= 0.6 is 11.6 Å². The van der Waals surface area contributed by atoms with E-state index in [-0.39, 0.29) is 17.7 Å². The smallest absolute Gasteiger partial charge is 0.254 e. The molecule has 1 aromatic rings. The number of amides is 2. The quantitative estimate of drug-likeness (QED) is 0.851. The zero-order valence-electron chi connectivity index (χ0n) is 13.3. The van der Waals surface area contributed by atoms with Crippen LogP contribution in [-0.2, 0) is 4.79 Å². The predicted molar refractivity (Wildman–Crippen MR) is 87.8 cm³/mol. The van der Waals surface area contributed by atoms with Crippen molar-refractivity contribution in [2.75, 3.05) is 33.3 Å².